The average Bonchev–Trinajstić information content (AvgIpc) is 3.22. The number of ether oxygens (including phenoxy) is 1. The van der Waals surface area contributed by atoms with E-state index in [4.69, 9.17) is 9.15 Å². The number of pyridine rings is 1. The van der Waals surface area contributed by atoms with Crippen molar-refractivity contribution in [1.29, 1.82) is 0 Å². The van der Waals surface area contributed by atoms with Gasteiger partial charge < -0.3 is 19.0 Å². The zero-order valence-electron chi connectivity index (χ0n) is 15.0. The van der Waals surface area contributed by atoms with Crippen LogP contribution in [0.1, 0.15) is 16.1 Å². The second-order valence-electron chi connectivity index (χ2n) is 6.36. The first-order valence-electron chi connectivity index (χ1n) is 9.00. The molecule has 0 atom stereocenters. The van der Waals surface area contributed by atoms with Gasteiger partial charge >= 0.3 is 0 Å². The van der Waals surface area contributed by atoms with Gasteiger partial charge in [-0.2, -0.15) is 0 Å². The minimum atomic E-state index is -0.0824. The number of amides is 1. The van der Waals surface area contributed by atoms with Crippen LogP contribution in [0.3, 0.4) is 0 Å². The first-order valence-corrected chi connectivity index (χ1v) is 9.00. The minimum Gasteiger partial charge on any atom is -0.489 e. The largest absolute Gasteiger partial charge is 0.489 e. The number of rotatable bonds is 5. The van der Waals surface area contributed by atoms with Crippen molar-refractivity contribution < 1.29 is 13.9 Å². The number of anilines is 1. The van der Waals surface area contributed by atoms with Gasteiger partial charge in [0.05, 0.1) is 6.26 Å². The Kier molecular flexibility index (Phi) is 5.05. The van der Waals surface area contributed by atoms with Crippen molar-refractivity contribution in [2.24, 2.45) is 0 Å². The number of carbonyl (C=O) groups excluding carboxylic acids is 1. The SMILES string of the molecule is O=C(c1occc1COc1ccccc1)N1CCN(c2ccncc2)CC1. The maximum Gasteiger partial charge on any atom is 0.290 e. The van der Waals surface area contributed by atoms with Crippen LogP contribution in [0.25, 0.3) is 0 Å². The lowest BCUT2D eigenvalue weighted by Crippen LogP contribution is -2.48. The summed E-state index contributed by atoms with van der Waals surface area (Å²) in [6, 6.07) is 15.3. The quantitative estimate of drug-likeness (QED) is 0.697. The summed E-state index contributed by atoms with van der Waals surface area (Å²) >= 11 is 0. The molecule has 6 nitrogen and oxygen atoms in total. The Labute approximate surface area is 158 Å². The number of nitrogens with zero attached hydrogens (tertiary/aromatic N) is 3. The zero-order valence-corrected chi connectivity index (χ0v) is 15.0. The van der Waals surface area contributed by atoms with Crippen molar-refractivity contribution in [1.82, 2.24) is 9.88 Å². The highest BCUT2D eigenvalue weighted by Crippen LogP contribution is 2.20. The van der Waals surface area contributed by atoms with Gasteiger partial charge in [-0.25, -0.2) is 0 Å². The number of para-hydroxylation sites is 1. The van der Waals surface area contributed by atoms with Crippen molar-refractivity contribution in [2.75, 3.05) is 31.1 Å². The summed E-state index contributed by atoms with van der Waals surface area (Å²) in [5.41, 5.74) is 1.90. The van der Waals surface area contributed by atoms with Crippen LogP contribution < -0.4 is 9.64 Å². The van der Waals surface area contributed by atoms with E-state index in [1.807, 2.05) is 47.4 Å². The highest BCUT2D eigenvalue weighted by Gasteiger charge is 2.26. The Bertz CT molecular complexity index is 872. The third-order valence-electron chi connectivity index (χ3n) is 4.67. The van der Waals surface area contributed by atoms with Gasteiger partial charge in [-0.05, 0) is 30.3 Å². The standard InChI is InChI=1S/C21H21N3O3/c25-21(24-13-11-23(12-14-24)18-6-9-22-10-7-18)20-17(8-15-26-20)16-27-19-4-2-1-3-5-19/h1-10,15H,11-14,16H2. The third kappa shape index (κ3) is 3.95. The molecule has 0 bridgehead atoms. The van der Waals surface area contributed by atoms with E-state index in [2.05, 4.69) is 9.88 Å². The van der Waals surface area contributed by atoms with E-state index >= 15 is 0 Å². The summed E-state index contributed by atoms with van der Waals surface area (Å²) in [4.78, 5) is 21.0. The molecule has 4 rings (SSSR count). The van der Waals surface area contributed by atoms with Crippen molar-refractivity contribution in [3.05, 3.63) is 78.5 Å². The number of hydrogen-bond acceptors (Lipinski definition) is 5. The molecule has 2 aromatic heterocycles. The average molecular weight is 363 g/mol. The lowest BCUT2D eigenvalue weighted by Gasteiger charge is -2.35. The van der Waals surface area contributed by atoms with Crippen LogP contribution in [0, 0.1) is 0 Å². The molecule has 6 heteroatoms. The normalized spacial score (nSPS) is 14.2. The van der Waals surface area contributed by atoms with Gasteiger partial charge in [0.25, 0.3) is 5.91 Å². The summed E-state index contributed by atoms with van der Waals surface area (Å²) in [5, 5.41) is 0. The molecule has 1 amide bonds. The molecule has 1 aromatic carbocycles. The first kappa shape index (κ1) is 17.1. The molecule has 0 unspecified atom stereocenters. The fourth-order valence-corrected chi connectivity index (χ4v) is 3.18. The number of piperazine rings is 1. The van der Waals surface area contributed by atoms with E-state index in [1.165, 1.54) is 0 Å². The van der Waals surface area contributed by atoms with Crippen molar-refractivity contribution in [2.45, 2.75) is 6.61 Å². The number of carbonyl (C=O) groups is 1. The molecule has 0 saturated carbocycles. The third-order valence-corrected chi connectivity index (χ3v) is 4.67. The molecular formula is C21H21N3O3. The van der Waals surface area contributed by atoms with Gasteiger partial charge in [0.2, 0.25) is 0 Å². The predicted molar refractivity (Wildman–Crippen MR) is 102 cm³/mol. The summed E-state index contributed by atoms with van der Waals surface area (Å²) in [5.74, 6) is 1.05. The molecule has 1 saturated heterocycles. The van der Waals surface area contributed by atoms with Crippen LogP contribution in [0.5, 0.6) is 5.75 Å². The van der Waals surface area contributed by atoms with Crippen molar-refractivity contribution >= 4 is 11.6 Å². The maximum atomic E-state index is 12.9. The van der Waals surface area contributed by atoms with E-state index in [-0.39, 0.29) is 5.91 Å². The Morgan fingerprint density at radius 3 is 2.48 bits per heavy atom. The smallest absolute Gasteiger partial charge is 0.290 e. The van der Waals surface area contributed by atoms with Gasteiger partial charge in [-0.3, -0.25) is 9.78 Å². The minimum absolute atomic E-state index is 0.0824. The van der Waals surface area contributed by atoms with Gasteiger partial charge in [0, 0.05) is 49.8 Å². The number of aromatic nitrogens is 1. The first-order chi connectivity index (χ1) is 13.3. The molecule has 138 valence electrons. The number of hydrogen-bond donors (Lipinski definition) is 0. The second-order valence-corrected chi connectivity index (χ2v) is 6.36. The second kappa shape index (κ2) is 7.95. The molecule has 27 heavy (non-hydrogen) atoms. The van der Waals surface area contributed by atoms with Gasteiger partial charge in [0.15, 0.2) is 5.76 Å². The molecule has 0 aliphatic carbocycles. The maximum absolute atomic E-state index is 12.9. The van der Waals surface area contributed by atoms with Gasteiger partial charge in [0.1, 0.15) is 12.4 Å². The lowest BCUT2D eigenvalue weighted by molar-refractivity contribution is 0.0711. The molecule has 0 N–H and O–H groups in total. The fraction of sp³-hybridized carbons (Fsp3) is 0.238. The van der Waals surface area contributed by atoms with E-state index in [9.17, 15) is 4.79 Å². The Morgan fingerprint density at radius 2 is 1.74 bits per heavy atom. The molecule has 1 aliphatic rings. The molecular weight excluding hydrogens is 342 g/mol. The fourth-order valence-electron chi connectivity index (χ4n) is 3.18. The Hall–Kier alpha value is -3.28. The van der Waals surface area contributed by atoms with E-state index < -0.39 is 0 Å². The Morgan fingerprint density at radius 1 is 1.00 bits per heavy atom. The molecule has 0 radical (unpaired) electrons. The zero-order chi connectivity index (χ0) is 18.5. The summed E-state index contributed by atoms with van der Waals surface area (Å²) in [6.45, 7) is 3.18. The highest BCUT2D eigenvalue weighted by molar-refractivity contribution is 5.93. The summed E-state index contributed by atoms with van der Waals surface area (Å²) in [7, 11) is 0. The molecule has 1 aliphatic heterocycles. The van der Waals surface area contributed by atoms with Crippen LogP contribution in [-0.2, 0) is 6.61 Å². The van der Waals surface area contributed by atoms with Gasteiger partial charge in [-0.15, -0.1) is 0 Å². The van der Waals surface area contributed by atoms with Crippen LogP contribution in [-0.4, -0.2) is 42.0 Å². The summed E-state index contributed by atoms with van der Waals surface area (Å²) < 4.78 is 11.2. The molecule has 0 spiro atoms. The number of benzene rings is 1. The Balaban J connectivity index is 1.37. The monoisotopic (exact) mass is 363 g/mol. The summed E-state index contributed by atoms with van der Waals surface area (Å²) in [6.07, 6.45) is 5.12. The topological polar surface area (TPSA) is 58.8 Å². The van der Waals surface area contributed by atoms with Crippen molar-refractivity contribution in [3.8, 4) is 5.75 Å². The highest BCUT2D eigenvalue weighted by atomic mass is 16.5. The van der Waals surface area contributed by atoms with Crippen LogP contribution >= 0.6 is 0 Å². The van der Waals surface area contributed by atoms with Crippen LogP contribution in [0.15, 0.2) is 71.6 Å². The van der Waals surface area contributed by atoms with E-state index in [1.54, 1.807) is 24.7 Å². The number of furan rings is 1. The van der Waals surface area contributed by atoms with Crippen LogP contribution in [0.2, 0.25) is 0 Å². The molecule has 3 heterocycles. The van der Waals surface area contributed by atoms with E-state index in [0.717, 1.165) is 30.1 Å². The van der Waals surface area contributed by atoms with E-state index in [0.29, 0.717) is 25.5 Å². The molecule has 1 fully saturated rings. The molecule has 3 aromatic rings. The van der Waals surface area contributed by atoms with Crippen molar-refractivity contribution in [3.63, 3.8) is 0 Å². The lowest BCUT2D eigenvalue weighted by atomic mass is 10.2. The van der Waals surface area contributed by atoms with Crippen LogP contribution in [0.4, 0.5) is 5.69 Å². The predicted octanol–water partition coefficient (Wildman–Crippen LogP) is 3.22. The van der Waals surface area contributed by atoms with Gasteiger partial charge in [-0.1, -0.05) is 18.2 Å².